The van der Waals surface area contributed by atoms with Crippen molar-refractivity contribution in [3.8, 4) is 0 Å². The van der Waals surface area contributed by atoms with Gasteiger partial charge in [-0.2, -0.15) is 0 Å². The van der Waals surface area contributed by atoms with Crippen LogP contribution in [0.3, 0.4) is 0 Å². The summed E-state index contributed by atoms with van der Waals surface area (Å²) in [5.74, 6) is 0.127. The van der Waals surface area contributed by atoms with Crippen LogP contribution < -0.4 is 0 Å². The Morgan fingerprint density at radius 1 is 0.500 bits per heavy atom. The molecule has 0 N–H and O–H groups in total. The van der Waals surface area contributed by atoms with Crippen LogP contribution >= 0.6 is 0 Å². The third-order valence-electron chi connectivity index (χ3n) is 5.41. The summed E-state index contributed by atoms with van der Waals surface area (Å²) in [4.78, 5) is 25.0. The molecule has 0 rings (SSSR count). The van der Waals surface area contributed by atoms with Crippen LogP contribution in [0.2, 0.25) is 0 Å². The summed E-state index contributed by atoms with van der Waals surface area (Å²) in [6.07, 6.45) is 20.0. The van der Waals surface area contributed by atoms with Gasteiger partial charge < -0.3 is 0 Å². The summed E-state index contributed by atoms with van der Waals surface area (Å²) in [5, 5.41) is 0. The number of ketones is 2. The van der Waals surface area contributed by atoms with E-state index in [9.17, 15) is 9.59 Å². The van der Waals surface area contributed by atoms with Gasteiger partial charge >= 0.3 is 0 Å². The van der Waals surface area contributed by atoms with Gasteiger partial charge in [0, 0.05) is 12.8 Å². The van der Waals surface area contributed by atoms with Crippen LogP contribution in [0.4, 0.5) is 0 Å². The van der Waals surface area contributed by atoms with E-state index in [0.717, 1.165) is 38.5 Å². The fraction of sp³-hybridized carbons (Fsp3) is 0.917. The summed E-state index contributed by atoms with van der Waals surface area (Å²) in [5.41, 5.74) is 0. The fourth-order valence-electron chi connectivity index (χ4n) is 3.65. The molecule has 0 saturated heterocycles. The summed E-state index contributed by atoms with van der Waals surface area (Å²) >= 11 is 0. The van der Waals surface area contributed by atoms with Crippen LogP contribution in [0.15, 0.2) is 0 Å². The molecule has 0 amide bonds. The highest BCUT2D eigenvalue weighted by atomic mass is 16.1. The van der Waals surface area contributed by atoms with Crippen molar-refractivity contribution < 1.29 is 9.59 Å². The molecule has 0 aliphatic rings. The minimum atomic E-state index is -0.305. The topological polar surface area (TPSA) is 34.1 Å². The van der Waals surface area contributed by atoms with Crippen LogP contribution in [-0.4, -0.2) is 11.6 Å². The molecule has 0 aliphatic heterocycles. The molecule has 0 spiro atoms. The van der Waals surface area contributed by atoms with Crippen LogP contribution in [0.25, 0.3) is 0 Å². The van der Waals surface area contributed by atoms with E-state index >= 15 is 0 Å². The Morgan fingerprint density at radius 2 is 0.846 bits per heavy atom. The van der Waals surface area contributed by atoms with Crippen LogP contribution in [0, 0.1) is 5.92 Å². The molecule has 0 aromatic heterocycles. The maximum absolute atomic E-state index is 12.5. The molecule has 154 valence electrons. The van der Waals surface area contributed by atoms with E-state index in [0.29, 0.717) is 12.8 Å². The van der Waals surface area contributed by atoms with E-state index in [1.807, 2.05) is 0 Å². The molecule has 0 atom stereocenters. The lowest BCUT2D eigenvalue weighted by Crippen LogP contribution is -2.24. The van der Waals surface area contributed by atoms with E-state index < -0.39 is 0 Å². The minimum absolute atomic E-state index is 0.216. The van der Waals surface area contributed by atoms with E-state index in [1.54, 1.807) is 0 Å². The second-order valence-electron chi connectivity index (χ2n) is 8.02. The zero-order chi connectivity index (χ0) is 19.5. The molecule has 26 heavy (non-hydrogen) atoms. The van der Waals surface area contributed by atoms with Crippen molar-refractivity contribution in [3.63, 3.8) is 0 Å². The monoisotopic (exact) mass is 366 g/mol. The first kappa shape index (κ1) is 25.3. The van der Waals surface area contributed by atoms with Crippen molar-refractivity contribution >= 4 is 11.6 Å². The molecule has 0 saturated carbocycles. The third kappa shape index (κ3) is 14.5. The molecule has 0 fully saturated rings. The zero-order valence-corrected chi connectivity index (χ0v) is 18.1. The molecule has 2 heteroatoms. The lowest BCUT2D eigenvalue weighted by atomic mass is 9.88. The Bertz CT molecular complexity index is 305. The molecule has 0 aromatic rings. The SMILES string of the molecule is CCCCCCCCCC(=O)C(CCC)C(=O)CCCCCCCCC. The molecule has 0 unspecified atom stereocenters. The molecule has 0 bridgehead atoms. The van der Waals surface area contributed by atoms with E-state index in [-0.39, 0.29) is 17.5 Å². The second-order valence-corrected chi connectivity index (χ2v) is 8.02. The average molecular weight is 367 g/mol. The Labute approximate surface area is 163 Å². The highest BCUT2D eigenvalue weighted by Gasteiger charge is 2.24. The van der Waals surface area contributed by atoms with Gasteiger partial charge in [-0.1, -0.05) is 104 Å². The summed E-state index contributed by atoms with van der Waals surface area (Å²) < 4.78 is 0. The molecular formula is C24H46O2. The average Bonchev–Trinajstić information content (AvgIpc) is 2.64. The molecule has 0 aliphatic carbocycles. The first-order valence-electron chi connectivity index (χ1n) is 11.7. The Kier molecular flexibility index (Phi) is 18.6. The van der Waals surface area contributed by atoms with Gasteiger partial charge in [0.1, 0.15) is 11.6 Å². The van der Waals surface area contributed by atoms with Gasteiger partial charge in [-0.15, -0.1) is 0 Å². The maximum Gasteiger partial charge on any atom is 0.143 e. The largest absolute Gasteiger partial charge is 0.299 e. The lowest BCUT2D eigenvalue weighted by molar-refractivity contribution is -0.133. The van der Waals surface area contributed by atoms with Crippen molar-refractivity contribution in [1.29, 1.82) is 0 Å². The van der Waals surface area contributed by atoms with Crippen LogP contribution in [-0.2, 0) is 9.59 Å². The Hall–Kier alpha value is -0.660. The molecule has 2 nitrogen and oxygen atoms in total. The fourth-order valence-corrected chi connectivity index (χ4v) is 3.65. The van der Waals surface area contributed by atoms with Crippen LogP contribution in [0.5, 0.6) is 0 Å². The normalized spacial score (nSPS) is 11.2. The predicted molar refractivity (Wildman–Crippen MR) is 114 cm³/mol. The predicted octanol–water partition coefficient (Wildman–Crippen LogP) is 7.82. The third-order valence-corrected chi connectivity index (χ3v) is 5.41. The first-order chi connectivity index (χ1) is 12.7. The van der Waals surface area contributed by atoms with Gasteiger partial charge in [0.15, 0.2) is 0 Å². The smallest absolute Gasteiger partial charge is 0.143 e. The van der Waals surface area contributed by atoms with Crippen molar-refractivity contribution in [2.75, 3.05) is 0 Å². The molecule has 0 aromatic carbocycles. The lowest BCUT2D eigenvalue weighted by Gasteiger charge is -2.14. The Morgan fingerprint density at radius 3 is 1.19 bits per heavy atom. The number of carbonyl (C=O) groups excluding carboxylic acids is 2. The summed E-state index contributed by atoms with van der Waals surface area (Å²) in [7, 11) is 0. The highest BCUT2D eigenvalue weighted by Crippen LogP contribution is 2.18. The van der Waals surface area contributed by atoms with Crippen molar-refractivity contribution in [1.82, 2.24) is 0 Å². The minimum Gasteiger partial charge on any atom is -0.299 e. The first-order valence-corrected chi connectivity index (χ1v) is 11.7. The van der Waals surface area contributed by atoms with Crippen molar-refractivity contribution in [2.24, 2.45) is 5.92 Å². The van der Waals surface area contributed by atoms with E-state index in [2.05, 4.69) is 20.8 Å². The van der Waals surface area contributed by atoms with E-state index in [4.69, 9.17) is 0 Å². The number of carbonyl (C=O) groups is 2. The van der Waals surface area contributed by atoms with E-state index in [1.165, 1.54) is 64.2 Å². The summed E-state index contributed by atoms with van der Waals surface area (Å²) in [6, 6.07) is 0. The van der Waals surface area contributed by atoms with Gasteiger partial charge in [-0.3, -0.25) is 9.59 Å². The van der Waals surface area contributed by atoms with Gasteiger partial charge in [0.25, 0.3) is 0 Å². The number of rotatable bonds is 20. The maximum atomic E-state index is 12.5. The summed E-state index contributed by atoms with van der Waals surface area (Å²) in [6.45, 7) is 6.54. The standard InChI is InChI=1S/C24H46O2/c1-4-7-9-11-13-15-17-20-23(25)22(19-6-3)24(26)21-18-16-14-12-10-8-5-2/h22H,4-21H2,1-3H3. The number of hydrogen-bond acceptors (Lipinski definition) is 2. The van der Waals surface area contributed by atoms with Crippen molar-refractivity contribution in [3.05, 3.63) is 0 Å². The van der Waals surface area contributed by atoms with Crippen LogP contribution in [0.1, 0.15) is 136 Å². The molecule has 0 radical (unpaired) electrons. The van der Waals surface area contributed by atoms with Gasteiger partial charge in [0.05, 0.1) is 5.92 Å². The number of hydrogen-bond donors (Lipinski definition) is 0. The van der Waals surface area contributed by atoms with Gasteiger partial charge in [-0.05, 0) is 19.3 Å². The second kappa shape index (κ2) is 19.1. The van der Waals surface area contributed by atoms with Gasteiger partial charge in [-0.25, -0.2) is 0 Å². The number of unbranched alkanes of at least 4 members (excludes halogenated alkanes) is 12. The zero-order valence-electron chi connectivity index (χ0n) is 18.1. The molecule has 0 heterocycles. The van der Waals surface area contributed by atoms with Crippen molar-refractivity contribution in [2.45, 2.75) is 136 Å². The molecular weight excluding hydrogens is 320 g/mol. The number of Topliss-reactive ketones (excluding diaryl/α,β-unsaturated/α-hetero) is 2. The Balaban J connectivity index is 3.92. The van der Waals surface area contributed by atoms with Gasteiger partial charge in [0.2, 0.25) is 0 Å². The highest BCUT2D eigenvalue weighted by molar-refractivity contribution is 6.02. The quantitative estimate of drug-likeness (QED) is 0.162.